The molecule has 3 aliphatic rings. The summed E-state index contributed by atoms with van der Waals surface area (Å²) >= 11 is 0. The maximum atomic E-state index is 14.1. The van der Waals surface area contributed by atoms with E-state index < -0.39 is 17.7 Å². The van der Waals surface area contributed by atoms with Gasteiger partial charge in [-0.3, -0.25) is 14.4 Å². The third-order valence-corrected chi connectivity index (χ3v) is 9.48. The number of nitrogens with zero attached hydrogens (tertiary/aromatic N) is 2. The zero-order chi connectivity index (χ0) is 33.5. The van der Waals surface area contributed by atoms with Crippen LogP contribution in [-0.4, -0.2) is 93.0 Å². The highest BCUT2D eigenvalue weighted by Gasteiger charge is 2.51. The minimum atomic E-state index is -0.825. The highest BCUT2D eigenvalue weighted by Crippen LogP contribution is 2.40. The Balaban J connectivity index is 1.25. The van der Waals surface area contributed by atoms with Crippen molar-refractivity contribution >= 4 is 28.5 Å². The smallest absolute Gasteiger partial charge is 0.288 e. The fourth-order valence-corrected chi connectivity index (χ4v) is 6.98. The van der Waals surface area contributed by atoms with E-state index >= 15 is 0 Å². The molecule has 256 valence electrons. The Kier molecular flexibility index (Phi) is 10.8. The second kappa shape index (κ2) is 15.3. The Labute approximate surface area is 279 Å². The van der Waals surface area contributed by atoms with Gasteiger partial charge in [0.1, 0.15) is 11.1 Å². The van der Waals surface area contributed by atoms with Crippen molar-refractivity contribution in [1.82, 2.24) is 10.2 Å². The molecule has 6 rings (SSSR count). The number of hydrogen-bond donors (Lipinski definition) is 2. The van der Waals surface area contributed by atoms with Crippen LogP contribution in [0.5, 0.6) is 0 Å². The quantitative estimate of drug-likeness (QED) is 0.263. The number of carbonyl (C=O) groups excluding carboxylic acids is 2. The molecule has 48 heavy (non-hydrogen) atoms. The van der Waals surface area contributed by atoms with Crippen LogP contribution in [-0.2, 0) is 28.5 Å². The van der Waals surface area contributed by atoms with E-state index in [4.69, 9.17) is 28.5 Å². The normalized spacial score (nSPS) is 22.1. The van der Waals surface area contributed by atoms with Gasteiger partial charge >= 0.3 is 0 Å². The van der Waals surface area contributed by atoms with E-state index in [1.807, 2.05) is 43.3 Å². The second-order valence-electron chi connectivity index (χ2n) is 12.2. The average Bonchev–Trinajstić information content (AvgIpc) is 3.43. The van der Waals surface area contributed by atoms with E-state index in [0.717, 1.165) is 5.69 Å². The van der Waals surface area contributed by atoms with Gasteiger partial charge in [-0.25, -0.2) is 0 Å². The van der Waals surface area contributed by atoms with Crippen molar-refractivity contribution in [3.05, 3.63) is 88.5 Å². The Morgan fingerprint density at radius 3 is 2.48 bits per heavy atom. The topological polar surface area (TPSA) is 140 Å². The first-order valence-corrected chi connectivity index (χ1v) is 16.6. The van der Waals surface area contributed by atoms with E-state index in [-0.39, 0.29) is 42.1 Å². The number of nitrogens with one attached hydrogen (secondary N) is 1. The van der Waals surface area contributed by atoms with Crippen LogP contribution in [0, 0.1) is 5.92 Å². The number of carbonyl (C=O) groups is 2. The lowest BCUT2D eigenvalue weighted by molar-refractivity contribution is -0.172. The molecule has 0 aliphatic carbocycles. The van der Waals surface area contributed by atoms with E-state index in [1.54, 1.807) is 29.2 Å². The van der Waals surface area contributed by atoms with Gasteiger partial charge in [-0.05, 0) is 56.5 Å². The number of likely N-dealkylation sites (tertiary alicyclic amines) is 1. The molecule has 1 aromatic heterocycles. The van der Waals surface area contributed by atoms with Crippen molar-refractivity contribution < 1.29 is 38.1 Å². The van der Waals surface area contributed by atoms with Crippen LogP contribution in [0.1, 0.15) is 37.7 Å². The third-order valence-electron chi connectivity index (χ3n) is 9.48. The van der Waals surface area contributed by atoms with E-state index in [1.165, 1.54) is 6.26 Å². The molecule has 2 N–H and O–H groups in total. The van der Waals surface area contributed by atoms with Crippen molar-refractivity contribution in [1.29, 1.82) is 0 Å². The number of allylic oxidation sites excluding steroid dienone is 1. The van der Waals surface area contributed by atoms with Crippen molar-refractivity contribution in [2.75, 3.05) is 64.3 Å². The fraction of sp³-hybridized carbons (Fsp3) is 0.472. The molecular weight excluding hydrogens is 618 g/mol. The molecule has 0 radical (unpaired) electrons. The zero-order valence-electron chi connectivity index (χ0n) is 27.2. The molecule has 0 bridgehead atoms. The monoisotopic (exact) mass is 661 g/mol. The molecule has 2 fully saturated rings. The van der Waals surface area contributed by atoms with Gasteiger partial charge in [0.05, 0.1) is 44.7 Å². The Morgan fingerprint density at radius 2 is 1.73 bits per heavy atom. The fourth-order valence-electron chi connectivity index (χ4n) is 6.98. The molecule has 3 aliphatic heterocycles. The van der Waals surface area contributed by atoms with Gasteiger partial charge in [-0.2, -0.15) is 0 Å². The van der Waals surface area contributed by atoms with Crippen LogP contribution < -0.4 is 15.6 Å². The van der Waals surface area contributed by atoms with Gasteiger partial charge in [0.2, 0.25) is 12.2 Å². The lowest BCUT2D eigenvalue weighted by Crippen LogP contribution is -2.57. The van der Waals surface area contributed by atoms with Crippen molar-refractivity contribution in [2.24, 2.45) is 5.92 Å². The van der Waals surface area contributed by atoms with Gasteiger partial charge in [0.25, 0.3) is 5.91 Å². The van der Waals surface area contributed by atoms with Crippen LogP contribution in [0.3, 0.4) is 0 Å². The summed E-state index contributed by atoms with van der Waals surface area (Å²) in [5, 5.41) is 12.4. The second-order valence-corrected chi connectivity index (χ2v) is 12.2. The summed E-state index contributed by atoms with van der Waals surface area (Å²) in [5.41, 5.74) is 0.915. The average molecular weight is 662 g/mol. The number of aliphatic hydroxyl groups is 1. The summed E-state index contributed by atoms with van der Waals surface area (Å²) in [4.78, 5) is 44.9. The number of rotatable bonds is 13. The molecule has 2 saturated heterocycles. The maximum Gasteiger partial charge on any atom is 0.288 e. The minimum absolute atomic E-state index is 0.0314. The van der Waals surface area contributed by atoms with Gasteiger partial charge in [0, 0.05) is 49.4 Å². The highest BCUT2D eigenvalue weighted by atomic mass is 16.7. The van der Waals surface area contributed by atoms with Crippen LogP contribution in [0.4, 0.5) is 5.69 Å². The SMILES string of the molecule is CCO[C@@H]1OC(C(=O)N2CCC3(CC2)C(=O)NCN3c2ccccc2)=C[C@H](c2coc3ccccc3c2=O)[C@H]1CCOCCOCCO. The lowest BCUT2D eigenvalue weighted by atomic mass is 9.81. The maximum absolute atomic E-state index is 14.1. The number of hydrogen-bond acceptors (Lipinski definition) is 10. The standard InChI is InChI=1S/C36H43N3O9/c1-2-46-34-26(12-18-44-20-21-45-19-17-40)28(29-23-47-30-11-7-6-10-27(30)32(29)41)22-31(48-34)33(42)38-15-13-36(14-16-38)35(43)37-24-39(36)25-8-4-3-5-9-25/h3-11,22-23,26,28,34,40H,2,12-21,24H2,1H3,(H,37,43)/t26-,28+,34-/m1/s1. The molecule has 1 spiro atoms. The van der Waals surface area contributed by atoms with Crippen LogP contribution >= 0.6 is 0 Å². The molecule has 0 saturated carbocycles. The predicted octanol–water partition coefficient (Wildman–Crippen LogP) is 3.14. The molecule has 3 aromatic rings. The molecule has 2 aromatic carbocycles. The van der Waals surface area contributed by atoms with Crippen LogP contribution in [0.2, 0.25) is 0 Å². The minimum Gasteiger partial charge on any atom is -0.464 e. The van der Waals surface area contributed by atoms with E-state index in [0.29, 0.717) is 82.0 Å². The lowest BCUT2D eigenvalue weighted by Gasteiger charge is -2.44. The number of benzene rings is 2. The first kappa shape index (κ1) is 33.7. The summed E-state index contributed by atoms with van der Waals surface area (Å²) in [6.45, 7) is 4.50. The summed E-state index contributed by atoms with van der Waals surface area (Å²) < 4.78 is 29.4. The van der Waals surface area contributed by atoms with Crippen LogP contribution in [0.25, 0.3) is 11.0 Å². The number of amides is 2. The Hall–Kier alpha value is -4.23. The number of fused-ring (bicyclic) bond motifs is 1. The van der Waals surface area contributed by atoms with Crippen LogP contribution in [0.15, 0.2) is 81.9 Å². The predicted molar refractivity (Wildman–Crippen MR) is 177 cm³/mol. The summed E-state index contributed by atoms with van der Waals surface area (Å²) in [6, 6.07) is 16.9. The summed E-state index contributed by atoms with van der Waals surface area (Å²) in [5.74, 6) is -1.17. The first-order chi connectivity index (χ1) is 23.5. The van der Waals surface area contributed by atoms with Gasteiger partial charge in [0.15, 0.2) is 11.2 Å². The Bertz CT molecular complexity index is 1650. The number of aliphatic hydroxyl groups excluding tert-OH is 1. The molecule has 0 unspecified atom stereocenters. The molecule has 3 atom stereocenters. The van der Waals surface area contributed by atoms with E-state index in [2.05, 4.69) is 10.2 Å². The third kappa shape index (κ3) is 6.84. The number of para-hydroxylation sites is 2. The molecular formula is C36H43N3O9. The number of anilines is 1. The largest absolute Gasteiger partial charge is 0.464 e. The van der Waals surface area contributed by atoms with Crippen molar-refractivity contribution in [2.45, 2.75) is 43.9 Å². The highest BCUT2D eigenvalue weighted by molar-refractivity contribution is 5.95. The van der Waals surface area contributed by atoms with E-state index in [9.17, 15) is 14.4 Å². The molecule has 12 nitrogen and oxygen atoms in total. The number of piperidine rings is 1. The molecule has 12 heteroatoms. The van der Waals surface area contributed by atoms with Gasteiger partial charge in [-0.15, -0.1) is 0 Å². The molecule has 4 heterocycles. The molecule has 2 amide bonds. The zero-order valence-corrected chi connectivity index (χ0v) is 27.2. The van der Waals surface area contributed by atoms with Gasteiger partial charge in [-0.1, -0.05) is 30.3 Å². The summed E-state index contributed by atoms with van der Waals surface area (Å²) in [7, 11) is 0. The van der Waals surface area contributed by atoms with Crippen molar-refractivity contribution in [3.63, 3.8) is 0 Å². The van der Waals surface area contributed by atoms with Crippen molar-refractivity contribution in [3.8, 4) is 0 Å². The number of ether oxygens (including phenoxy) is 4. The first-order valence-electron chi connectivity index (χ1n) is 16.6. The summed E-state index contributed by atoms with van der Waals surface area (Å²) in [6.07, 6.45) is 3.75. The van der Waals surface area contributed by atoms with Gasteiger partial charge < -0.3 is 43.6 Å². The Morgan fingerprint density at radius 1 is 1.00 bits per heavy atom.